The second-order valence-corrected chi connectivity index (χ2v) is 8.51. The number of likely N-dealkylation sites (tertiary alicyclic amines) is 1. The second-order valence-electron chi connectivity index (χ2n) is 8.51. The van der Waals surface area contributed by atoms with E-state index in [9.17, 15) is 0 Å². The summed E-state index contributed by atoms with van der Waals surface area (Å²) < 4.78 is 0. The minimum absolute atomic E-state index is 0.512. The molecule has 1 saturated heterocycles. The molecule has 1 aliphatic carbocycles. The molecule has 1 atom stereocenters. The fourth-order valence-electron chi connectivity index (χ4n) is 4.76. The van der Waals surface area contributed by atoms with Gasteiger partial charge in [0.05, 0.1) is 0 Å². The molecular formula is C23H35N5. The van der Waals surface area contributed by atoms with Crippen LogP contribution in [-0.4, -0.2) is 56.7 Å². The lowest BCUT2D eigenvalue weighted by Crippen LogP contribution is -2.44. The number of guanidine groups is 1. The largest absolute Gasteiger partial charge is 0.364 e. The predicted molar refractivity (Wildman–Crippen MR) is 118 cm³/mol. The lowest BCUT2D eigenvalue weighted by Gasteiger charge is -2.21. The van der Waals surface area contributed by atoms with Gasteiger partial charge in [0.1, 0.15) is 0 Å². The van der Waals surface area contributed by atoms with Crippen molar-refractivity contribution >= 4 is 11.6 Å². The van der Waals surface area contributed by atoms with Gasteiger partial charge in [-0.1, -0.05) is 37.1 Å². The highest BCUT2D eigenvalue weighted by Gasteiger charge is 2.26. The zero-order valence-corrected chi connectivity index (χ0v) is 17.2. The molecule has 0 bridgehead atoms. The molecule has 3 aliphatic rings. The van der Waals surface area contributed by atoms with Gasteiger partial charge < -0.3 is 20.4 Å². The van der Waals surface area contributed by atoms with Crippen molar-refractivity contribution in [3.05, 3.63) is 42.0 Å². The van der Waals surface area contributed by atoms with E-state index in [0.717, 1.165) is 38.1 Å². The number of nitrogens with one attached hydrogen (secondary N) is 2. The third-order valence-electron chi connectivity index (χ3n) is 6.41. The highest BCUT2D eigenvalue weighted by atomic mass is 15.2. The first-order valence-electron chi connectivity index (χ1n) is 11.0. The van der Waals surface area contributed by atoms with Gasteiger partial charge in [0.25, 0.3) is 0 Å². The van der Waals surface area contributed by atoms with Crippen molar-refractivity contribution in [2.24, 2.45) is 10.9 Å². The average molecular weight is 382 g/mol. The van der Waals surface area contributed by atoms with Crippen LogP contribution in [-0.2, 0) is 6.54 Å². The second kappa shape index (κ2) is 9.46. The van der Waals surface area contributed by atoms with E-state index in [1.54, 1.807) is 0 Å². The molecule has 5 nitrogen and oxygen atoms in total. The number of hydrogen-bond donors (Lipinski definition) is 2. The van der Waals surface area contributed by atoms with Crippen LogP contribution in [0.1, 0.15) is 37.7 Å². The number of anilines is 1. The maximum atomic E-state index is 4.43. The van der Waals surface area contributed by atoms with E-state index < -0.39 is 0 Å². The molecule has 2 N–H and O–H groups in total. The molecular weight excluding hydrogens is 346 g/mol. The molecule has 0 aromatic heterocycles. The van der Waals surface area contributed by atoms with Crippen molar-refractivity contribution < 1.29 is 0 Å². The van der Waals surface area contributed by atoms with Gasteiger partial charge in [-0.25, -0.2) is 0 Å². The van der Waals surface area contributed by atoms with Gasteiger partial charge >= 0.3 is 0 Å². The lowest BCUT2D eigenvalue weighted by molar-refractivity contribution is 0.275. The van der Waals surface area contributed by atoms with Crippen LogP contribution >= 0.6 is 0 Å². The monoisotopic (exact) mass is 381 g/mol. The number of benzene rings is 1. The number of nitrogens with zero attached hydrogens (tertiary/aromatic N) is 3. The fraction of sp³-hybridized carbons (Fsp3) is 0.609. The van der Waals surface area contributed by atoms with E-state index in [-0.39, 0.29) is 0 Å². The summed E-state index contributed by atoms with van der Waals surface area (Å²) in [6, 6.07) is 9.38. The van der Waals surface area contributed by atoms with Gasteiger partial charge in [-0.3, -0.25) is 4.99 Å². The molecule has 0 spiro atoms. The Bertz CT molecular complexity index is 667. The summed E-state index contributed by atoms with van der Waals surface area (Å²) >= 11 is 0. The summed E-state index contributed by atoms with van der Waals surface area (Å²) in [4.78, 5) is 9.45. The number of aliphatic imine (C=N–C) groups is 1. The molecule has 5 heteroatoms. The molecule has 28 heavy (non-hydrogen) atoms. The number of hydrogen-bond acceptors (Lipinski definition) is 3. The van der Waals surface area contributed by atoms with Crippen molar-refractivity contribution in [2.45, 2.75) is 44.7 Å². The molecule has 1 aromatic rings. The van der Waals surface area contributed by atoms with Gasteiger partial charge in [0, 0.05) is 58.0 Å². The zero-order chi connectivity index (χ0) is 19.2. The normalized spacial score (nSPS) is 23.7. The SMILES string of the molecule is CN=C(NCc1ccc(N2CC=CC2)cc1)NC1CCN(CC2CCCC2)C1. The molecule has 1 unspecified atom stereocenters. The number of rotatable bonds is 6. The zero-order valence-electron chi connectivity index (χ0n) is 17.2. The summed E-state index contributed by atoms with van der Waals surface area (Å²) in [5.74, 6) is 1.86. The van der Waals surface area contributed by atoms with Crippen LogP contribution < -0.4 is 15.5 Å². The van der Waals surface area contributed by atoms with Gasteiger partial charge in [-0.05, 0) is 42.9 Å². The molecule has 2 fully saturated rings. The van der Waals surface area contributed by atoms with Crippen molar-refractivity contribution in [1.82, 2.24) is 15.5 Å². The van der Waals surface area contributed by atoms with Crippen molar-refractivity contribution in [2.75, 3.05) is 44.7 Å². The first kappa shape index (κ1) is 19.3. The van der Waals surface area contributed by atoms with Gasteiger partial charge in [-0.2, -0.15) is 0 Å². The summed E-state index contributed by atoms with van der Waals surface area (Å²) in [7, 11) is 1.87. The Kier molecular flexibility index (Phi) is 6.53. The molecule has 4 rings (SSSR count). The van der Waals surface area contributed by atoms with Gasteiger partial charge in [0.15, 0.2) is 5.96 Å². The lowest BCUT2D eigenvalue weighted by atomic mass is 10.1. The van der Waals surface area contributed by atoms with Crippen LogP contribution in [0.3, 0.4) is 0 Å². The smallest absolute Gasteiger partial charge is 0.191 e. The van der Waals surface area contributed by atoms with Crippen molar-refractivity contribution in [3.8, 4) is 0 Å². The first-order valence-corrected chi connectivity index (χ1v) is 11.0. The molecule has 0 radical (unpaired) electrons. The van der Waals surface area contributed by atoms with E-state index in [1.165, 1.54) is 56.4 Å². The fourth-order valence-corrected chi connectivity index (χ4v) is 4.76. The Morgan fingerprint density at radius 2 is 1.82 bits per heavy atom. The maximum absolute atomic E-state index is 4.43. The van der Waals surface area contributed by atoms with Crippen LogP contribution in [0.5, 0.6) is 0 Å². The maximum Gasteiger partial charge on any atom is 0.191 e. The molecule has 1 saturated carbocycles. The van der Waals surface area contributed by atoms with E-state index >= 15 is 0 Å². The van der Waals surface area contributed by atoms with Gasteiger partial charge in [-0.15, -0.1) is 0 Å². The summed E-state index contributed by atoms with van der Waals surface area (Å²) in [5.41, 5.74) is 2.58. The molecule has 152 valence electrons. The molecule has 0 amide bonds. The third-order valence-corrected chi connectivity index (χ3v) is 6.41. The topological polar surface area (TPSA) is 42.9 Å². The van der Waals surface area contributed by atoms with Crippen LogP contribution in [0.15, 0.2) is 41.4 Å². The predicted octanol–water partition coefficient (Wildman–Crippen LogP) is 2.99. The van der Waals surface area contributed by atoms with Crippen LogP contribution in [0.2, 0.25) is 0 Å². The Morgan fingerprint density at radius 3 is 2.54 bits per heavy atom. The quantitative estimate of drug-likeness (QED) is 0.452. The van der Waals surface area contributed by atoms with Crippen LogP contribution in [0.25, 0.3) is 0 Å². The van der Waals surface area contributed by atoms with E-state index in [1.807, 2.05) is 7.05 Å². The highest BCUT2D eigenvalue weighted by molar-refractivity contribution is 5.80. The third kappa shape index (κ3) is 5.07. The van der Waals surface area contributed by atoms with Crippen molar-refractivity contribution in [3.63, 3.8) is 0 Å². The molecule has 1 aromatic carbocycles. The van der Waals surface area contributed by atoms with E-state index in [2.05, 4.69) is 61.8 Å². The Hall–Kier alpha value is -2.01. The minimum Gasteiger partial charge on any atom is -0.364 e. The standard InChI is InChI=1S/C23H35N5/c1-24-23(26-21-12-15-27(18-21)17-20-6-2-3-7-20)25-16-19-8-10-22(11-9-19)28-13-4-5-14-28/h4-5,8-11,20-21H,2-3,6-7,12-18H2,1H3,(H2,24,25,26). The first-order chi connectivity index (χ1) is 13.8. The van der Waals surface area contributed by atoms with Crippen molar-refractivity contribution in [1.29, 1.82) is 0 Å². The summed E-state index contributed by atoms with van der Waals surface area (Å²) in [6.45, 7) is 6.51. The van der Waals surface area contributed by atoms with Crippen LogP contribution in [0.4, 0.5) is 5.69 Å². The van der Waals surface area contributed by atoms with Gasteiger partial charge in [0.2, 0.25) is 0 Å². The van der Waals surface area contributed by atoms with E-state index in [0.29, 0.717) is 6.04 Å². The molecule has 2 aliphatic heterocycles. The summed E-state index contributed by atoms with van der Waals surface area (Å²) in [5, 5.41) is 7.11. The minimum atomic E-state index is 0.512. The highest BCUT2D eigenvalue weighted by Crippen LogP contribution is 2.26. The van der Waals surface area contributed by atoms with Crippen LogP contribution in [0, 0.1) is 5.92 Å². The van der Waals surface area contributed by atoms with E-state index in [4.69, 9.17) is 0 Å². The molecule has 2 heterocycles. The Morgan fingerprint density at radius 1 is 1.07 bits per heavy atom. The summed E-state index contributed by atoms with van der Waals surface area (Å²) in [6.07, 6.45) is 11.4. The average Bonchev–Trinajstić information content (AvgIpc) is 3.49. The Balaban J connectivity index is 1.20. The Labute approximate surface area is 169 Å².